The van der Waals surface area contributed by atoms with Crippen molar-refractivity contribution < 1.29 is 45.0 Å². The van der Waals surface area contributed by atoms with Crippen LogP contribution >= 0.6 is 8.25 Å². The second-order valence-corrected chi connectivity index (χ2v) is 7.96. The molecule has 2 rings (SSSR count). The van der Waals surface area contributed by atoms with Crippen molar-refractivity contribution in [3.63, 3.8) is 0 Å². The number of benzene rings is 2. The summed E-state index contributed by atoms with van der Waals surface area (Å²) in [7, 11) is -11.7. The summed E-state index contributed by atoms with van der Waals surface area (Å²) < 4.78 is 83.4. The van der Waals surface area contributed by atoms with E-state index in [4.69, 9.17) is 18.2 Å². The summed E-state index contributed by atoms with van der Waals surface area (Å²) >= 11 is 0. The van der Waals surface area contributed by atoms with E-state index in [0.717, 1.165) is 24.3 Å². The van der Waals surface area contributed by atoms with E-state index >= 15 is 0 Å². The molecule has 0 amide bonds. The zero-order chi connectivity index (χ0) is 18.0. The van der Waals surface area contributed by atoms with E-state index in [2.05, 4.69) is 0 Å². The quantitative estimate of drug-likeness (QED) is 0.383. The van der Waals surface area contributed by atoms with Gasteiger partial charge in [0.05, 0.1) is 9.79 Å². The van der Waals surface area contributed by atoms with Crippen LogP contribution < -0.4 is 9.05 Å². The van der Waals surface area contributed by atoms with Crippen molar-refractivity contribution in [2.24, 2.45) is 0 Å². The topological polar surface area (TPSA) is 176 Å². The van der Waals surface area contributed by atoms with E-state index in [-0.39, 0.29) is 46.5 Å². The molecule has 0 saturated carbocycles. The maximum atomic E-state index is 11.8. The summed E-state index contributed by atoms with van der Waals surface area (Å²) in [4.78, 5) is -0.923. The predicted octanol–water partition coefficient (Wildman–Crippen LogP) is 1.09. The van der Waals surface area contributed by atoms with Gasteiger partial charge < -0.3 is 5.48 Å². The summed E-state index contributed by atoms with van der Waals surface area (Å²) in [5.41, 5.74) is 0. The maximum Gasteiger partial charge on any atom is 0.805 e. The first-order valence-electron chi connectivity index (χ1n) is 6.04. The van der Waals surface area contributed by atoms with Crippen LogP contribution in [0.4, 0.5) is 0 Å². The fourth-order valence-corrected chi connectivity index (χ4v) is 3.21. The van der Waals surface area contributed by atoms with Gasteiger partial charge in [0.25, 0.3) is 20.2 Å². The molecule has 0 bridgehead atoms. The Bertz CT molecular complexity index is 911. The second kappa shape index (κ2) is 9.74. The predicted molar refractivity (Wildman–Crippen MR) is 90.7 cm³/mol. The monoisotopic (exact) mass is 434 g/mol. The van der Waals surface area contributed by atoms with Gasteiger partial charge in [-0.1, -0.05) is 12.1 Å². The Hall–Kier alpha value is -1.08. The minimum atomic E-state index is -4.45. The first-order valence-corrected chi connectivity index (χ1v) is 10.0. The third-order valence-electron chi connectivity index (χ3n) is 2.57. The van der Waals surface area contributed by atoms with Gasteiger partial charge in [-0.25, -0.2) is 9.05 Å². The molecule has 0 saturated heterocycles. The summed E-state index contributed by atoms with van der Waals surface area (Å²) in [6.07, 6.45) is 0. The van der Waals surface area contributed by atoms with Crippen LogP contribution in [0.15, 0.2) is 58.3 Å². The van der Waals surface area contributed by atoms with Gasteiger partial charge in [-0.15, -0.1) is 0 Å². The molecule has 0 aliphatic heterocycles. The molecule has 0 fully saturated rings. The molecule has 0 aliphatic rings. The van der Waals surface area contributed by atoms with Crippen molar-refractivity contribution in [3.8, 4) is 11.5 Å². The average molecular weight is 434 g/mol. The summed E-state index contributed by atoms with van der Waals surface area (Å²) in [5, 5.41) is 0. The van der Waals surface area contributed by atoms with Crippen molar-refractivity contribution in [2.45, 2.75) is 9.79 Å². The molecule has 4 N–H and O–H groups in total. The van der Waals surface area contributed by atoms with Crippen LogP contribution in [0.1, 0.15) is 0 Å². The van der Waals surface area contributed by atoms with Crippen LogP contribution in [-0.4, -0.2) is 61.0 Å². The van der Waals surface area contributed by atoms with E-state index in [1.165, 1.54) is 24.3 Å². The van der Waals surface area contributed by atoms with Crippen LogP contribution in [-0.2, 0) is 24.8 Å². The van der Waals surface area contributed by atoms with E-state index < -0.39 is 38.3 Å². The average Bonchev–Trinajstić information content (AvgIpc) is 2.46. The molecule has 0 aliphatic carbocycles. The third kappa shape index (κ3) is 7.27. The largest absolute Gasteiger partial charge is 0.805 e. The number of rotatable bonds is 6. The Kier molecular flexibility index (Phi) is 9.33. The van der Waals surface area contributed by atoms with Gasteiger partial charge in [0.2, 0.25) is 0 Å². The van der Waals surface area contributed by atoms with Crippen molar-refractivity contribution in [1.29, 1.82) is 0 Å². The molecule has 0 unspecified atom stereocenters. The normalized spacial score (nSPS) is 10.8. The van der Waals surface area contributed by atoms with E-state index in [9.17, 15) is 21.4 Å². The molecule has 2 aromatic carbocycles. The summed E-state index contributed by atoms with van der Waals surface area (Å²) in [6, 6.07) is 9.12. The van der Waals surface area contributed by atoms with Gasteiger partial charge in [-0.05, 0) is 24.3 Å². The molecule has 0 atom stereocenters. The third-order valence-corrected chi connectivity index (χ3v) is 4.99. The molecule has 1 radical (unpaired) electrons. The van der Waals surface area contributed by atoms with Gasteiger partial charge in [-0.3, -0.25) is 9.11 Å². The van der Waals surface area contributed by atoms with E-state index in [0.29, 0.717) is 0 Å². The summed E-state index contributed by atoms with van der Waals surface area (Å²) in [5.74, 6) is -0.311. The standard InChI is InChI=1S/C12H9O9PS2.Na.H2O/c13-22(20-9-3-1-5-11(7-9)23(14,15)16)21-10-4-2-6-12(8-10)24(17,18)19;;/h1-8H,(H-,14,15,16,17,18,19);;1H2/p+1. The smallest absolute Gasteiger partial charge is 0.412 e. The number of hydrogen-bond acceptors (Lipinski definition) is 7. The minimum Gasteiger partial charge on any atom is -0.412 e. The molecular formula is C12H12NaO10PS2+. The van der Waals surface area contributed by atoms with Crippen LogP contribution in [0, 0.1) is 0 Å². The molecule has 2 aromatic rings. The summed E-state index contributed by atoms with van der Waals surface area (Å²) in [6.45, 7) is 0. The van der Waals surface area contributed by atoms with Crippen LogP contribution in [0.25, 0.3) is 0 Å². The Balaban J connectivity index is 0.00000312. The van der Waals surface area contributed by atoms with Gasteiger partial charge in [0, 0.05) is 46.3 Å². The first-order chi connectivity index (χ1) is 11.1. The van der Waals surface area contributed by atoms with Gasteiger partial charge >= 0.3 is 8.25 Å². The fraction of sp³-hybridized carbons (Fsp3) is 0. The van der Waals surface area contributed by atoms with Crippen molar-refractivity contribution in [3.05, 3.63) is 48.5 Å². The van der Waals surface area contributed by atoms with E-state index in [1.54, 1.807) is 0 Å². The second-order valence-electron chi connectivity index (χ2n) is 4.31. The van der Waals surface area contributed by atoms with Crippen LogP contribution in [0.5, 0.6) is 11.5 Å². The zero-order valence-corrected chi connectivity index (χ0v) is 17.7. The molecule has 14 heteroatoms. The molecule has 26 heavy (non-hydrogen) atoms. The Labute approximate surface area is 172 Å². The first kappa shape index (κ1) is 24.9. The van der Waals surface area contributed by atoms with Crippen LogP contribution in [0.3, 0.4) is 0 Å². The fourth-order valence-electron chi connectivity index (χ4n) is 1.57. The van der Waals surface area contributed by atoms with Gasteiger partial charge in [-0.2, -0.15) is 16.8 Å². The molecule has 10 nitrogen and oxygen atoms in total. The Morgan fingerprint density at radius 3 is 1.42 bits per heavy atom. The Morgan fingerprint density at radius 2 is 1.12 bits per heavy atom. The van der Waals surface area contributed by atoms with E-state index in [1.807, 2.05) is 0 Å². The maximum absolute atomic E-state index is 11.8. The zero-order valence-electron chi connectivity index (χ0n) is 13.1. The molecular weight excluding hydrogens is 422 g/mol. The van der Waals surface area contributed by atoms with Gasteiger partial charge in [0.1, 0.15) is 0 Å². The van der Waals surface area contributed by atoms with Gasteiger partial charge in [0.15, 0.2) is 11.5 Å². The Morgan fingerprint density at radius 1 is 0.769 bits per heavy atom. The van der Waals surface area contributed by atoms with Crippen molar-refractivity contribution >= 4 is 58.0 Å². The SMILES string of the molecule is O.O=[P+](Oc1cccc(S(=O)(=O)O)c1)Oc1cccc(S(=O)(=O)O)c1.[Na]. The van der Waals surface area contributed by atoms with Crippen LogP contribution in [0.2, 0.25) is 0 Å². The molecule has 0 aromatic heterocycles. The minimum absolute atomic E-state index is 0. The van der Waals surface area contributed by atoms with Crippen molar-refractivity contribution in [2.75, 3.05) is 0 Å². The molecule has 0 heterocycles. The van der Waals surface area contributed by atoms with Crippen molar-refractivity contribution in [1.82, 2.24) is 0 Å². The molecule has 0 spiro atoms. The molecule has 137 valence electrons. The number of hydrogen-bond donors (Lipinski definition) is 2.